The smallest absolute Gasteiger partial charge is 0.250 e. The van der Waals surface area contributed by atoms with E-state index in [0.29, 0.717) is 10.8 Å². The van der Waals surface area contributed by atoms with Gasteiger partial charge in [0.15, 0.2) is 0 Å². The number of hydrogen-bond donors (Lipinski definition) is 1. The molecule has 0 bridgehead atoms. The van der Waals surface area contributed by atoms with Gasteiger partial charge in [0.25, 0.3) is 0 Å². The molecule has 114 valence electrons. The molecule has 1 aromatic heterocycles. The van der Waals surface area contributed by atoms with Crippen molar-refractivity contribution in [2.75, 3.05) is 39.4 Å². The van der Waals surface area contributed by atoms with Gasteiger partial charge >= 0.3 is 0 Å². The molecule has 0 aromatic carbocycles. The van der Waals surface area contributed by atoms with E-state index in [4.69, 9.17) is 4.74 Å². The molecule has 0 radical (unpaired) electrons. The molecule has 0 spiro atoms. The number of nitrogens with one attached hydrogen (secondary N) is 1. The predicted molar refractivity (Wildman–Crippen MR) is 83.6 cm³/mol. The minimum Gasteiger partial charge on any atom is -0.379 e. The summed E-state index contributed by atoms with van der Waals surface area (Å²) >= 11 is 4.50. The van der Waals surface area contributed by atoms with Crippen molar-refractivity contribution >= 4 is 37.3 Å². The number of halogens is 1. The largest absolute Gasteiger partial charge is 0.379 e. The molecule has 0 saturated carbocycles. The average Bonchev–Trinajstić information content (AvgIpc) is 2.85. The van der Waals surface area contributed by atoms with E-state index in [0.717, 1.165) is 36.6 Å². The van der Waals surface area contributed by atoms with Crippen LogP contribution in [0.1, 0.15) is 6.92 Å². The molecule has 1 fully saturated rings. The molecular weight excluding hydrogens is 364 g/mol. The van der Waals surface area contributed by atoms with Crippen LogP contribution in [-0.2, 0) is 14.8 Å². The highest BCUT2D eigenvalue weighted by Gasteiger charge is 2.19. The fourth-order valence-corrected chi connectivity index (χ4v) is 5.27. The summed E-state index contributed by atoms with van der Waals surface area (Å²) in [6.07, 6.45) is 0. The van der Waals surface area contributed by atoms with Crippen LogP contribution in [0.5, 0.6) is 0 Å². The number of ether oxygens (including phenoxy) is 1. The first-order valence-corrected chi connectivity index (χ1v) is 9.62. The molecule has 1 aromatic rings. The molecule has 2 rings (SSSR count). The lowest BCUT2D eigenvalue weighted by atomic mass is 10.1. The monoisotopic (exact) mass is 382 g/mol. The molecule has 1 aliphatic heterocycles. The lowest BCUT2D eigenvalue weighted by Gasteiger charge is -2.29. The number of thiophene rings is 1. The zero-order valence-electron chi connectivity index (χ0n) is 11.3. The van der Waals surface area contributed by atoms with Gasteiger partial charge in [-0.25, -0.2) is 13.1 Å². The summed E-state index contributed by atoms with van der Waals surface area (Å²) in [6.45, 7) is 6.78. The topological polar surface area (TPSA) is 58.6 Å². The van der Waals surface area contributed by atoms with E-state index in [1.165, 1.54) is 11.3 Å². The quantitative estimate of drug-likeness (QED) is 0.814. The van der Waals surface area contributed by atoms with Crippen molar-refractivity contribution in [3.8, 4) is 0 Å². The van der Waals surface area contributed by atoms with Crippen molar-refractivity contribution in [2.45, 2.75) is 11.1 Å². The van der Waals surface area contributed by atoms with Crippen LogP contribution in [0.4, 0.5) is 0 Å². The molecule has 8 heteroatoms. The second-order valence-corrected chi connectivity index (χ2v) is 9.39. The second-order valence-electron chi connectivity index (χ2n) is 4.93. The van der Waals surface area contributed by atoms with Crippen LogP contribution in [0.3, 0.4) is 0 Å². The Kier molecular flexibility index (Phi) is 6.00. The summed E-state index contributed by atoms with van der Waals surface area (Å²) in [4.78, 5) is 2.31. The number of hydrogen-bond acceptors (Lipinski definition) is 5. The van der Waals surface area contributed by atoms with Gasteiger partial charge in [-0.3, -0.25) is 4.90 Å². The summed E-state index contributed by atoms with van der Waals surface area (Å²) in [5.41, 5.74) is 0. The highest BCUT2D eigenvalue weighted by Crippen LogP contribution is 2.25. The number of sulfonamides is 1. The fourth-order valence-electron chi connectivity index (χ4n) is 2.05. The number of rotatable bonds is 6. The normalized spacial score (nSPS) is 19.1. The van der Waals surface area contributed by atoms with Gasteiger partial charge in [0.1, 0.15) is 4.21 Å². The third kappa shape index (κ3) is 4.78. The van der Waals surface area contributed by atoms with E-state index in [9.17, 15) is 8.42 Å². The first-order chi connectivity index (χ1) is 9.47. The minimum absolute atomic E-state index is 0.270. The van der Waals surface area contributed by atoms with Gasteiger partial charge in [0.2, 0.25) is 10.0 Å². The van der Waals surface area contributed by atoms with Crippen LogP contribution in [0.2, 0.25) is 0 Å². The molecule has 1 atom stereocenters. The molecule has 2 heterocycles. The van der Waals surface area contributed by atoms with Gasteiger partial charge in [0, 0.05) is 26.2 Å². The maximum absolute atomic E-state index is 12.1. The SMILES string of the molecule is CC(CNS(=O)(=O)c1ccc(Br)s1)CN1CCOCC1. The molecule has 0 amide bonds. The summed E-state index contributed by atoms with van der Waals surface area (Å²) < 4.78 is 33.3. The molecule has 1 unspecified atom stereocenters. The van der Waals surface area contributed by atoms with Crippen LogP contribution in [0, 0.1) is 5.92 Å². The second kappa shape index (κ2) is 7.33. The summed E-state index contributed by atoms with van der Waals surface area (Å²) in [6, 6.07) is 3.36. The van der Waals surface area contributed by atoms with Gasteiger partial charge in [-0.05, 0) is 34.0 Å². The summed E-state index contributed by atoms with van der Waals surface area (Å²) in [7, 11) is -3.38. The van der Waals surface area contributed by atoms with Crippen LogP contribution < -0.4 is 4.72 Å². The van der Waals surface area contributed by atoms with E-state index in [1.807, 2.05) is 0 Å². The molecule has 20 heavy (non-hydrogen) atoms. The van der Waals surface area contributed by atoms with E-state index in [1.54, 1.807) is 12.1 Å². The van der Waals surface area contributed by atoms with Gasteiger partial charge in [-0.1, -0.05) is 6.92 Å². The Morgan fingerprint density at radius 3 is 2.75 bits per heavy atom. The third-order valence-electron chi connectivity index (χ3n) is 3.11. The predicted octanol–water partition coefficient (Wildman–Crippen LogP) is 1.76. The molecule has 0 aliphatic carbocycles. The zero-order chi connectivity index (χ0) is 14.6. The van der Waals surface area contributed by atoms with Crippen molar-refractivity contribution in [1.29, 1.82) is 0 Å². The molecular formula is C12H19BrN2O3S2. The minimum atomic E-state index is -3.38. The van der Waals surface area contributed by atoms with E-state index in [2.05, 4.69) is 32.5 Å². The lowest BCUT2D eigenvalue weighted by Crippen LogP contribution is -2.41. The van der Waals surface area contributed by atoms with Gasteiger partial charge in [-0.2, -0.15) is 0 Å². The van der Waals surface area contributed by atoms with Crippen LogP contribution in [0.15, 0.2) is 20.1 Å². The van der Waals surface area contributed by atoms with Crippen molar-refractivity contribution < 1.29 is 13.2 Å². The maximum atomic E-state index is 12.1. The van der Waals surface area contributed by atoms with E-state index >= 15 is 0 Å². The molecule has 1 aliphatic rings. The Morgan fingerprint density at radius 1 is 1.45 bits per heavy atom. The van der Waals surface area contributed by atoms with E-state index < -0.39 is 10.0 Å². The zero-order valence-corrected chi connectivity index (χ0v) is 14.6. The van der Waals surface area contributed by atoms with Crippen molar-refractivity contribution in [3.63, 3.8) is 0 Å². The Balaban J connectivity index is 1.81. The van der Waals surface area contributed by atoms with Crippen LogP contribution in [0.25, 0.3) is 0 Å². The van der Waals surface area contributed by atoms with Gasteiger partial charge in [0.05, 0.1) is 17.0 Å². The lowest BCUT2D eigenvalue weighted by molar-refractivity contribution is 0.0321. The van der Waals surface area contributed by atoms with Gasteiger partial charge < -0.3 is 4.74 Å². The van der Waals surface area contributed by atoms with Crippen LogP contribution >= 0.6 is 27.3 Å². The molecule has 1 saturated heterocycles. The van der Waals surface area contributed by atoms with Crippen molar-refractivity contribution in [1.82, 2.24) is 9.62 Å². The third-order valence-corrected chi connectivity index (χ3v) is 6.65. The van der Waals surface area contributed by atoms with Crippen molar-refractivity contribution in [2.24, 2.45) is 5.92 Å². The standard InChI is InChI=1S/C12H19BrN2O3S2/c1-10(9-15-4-6-18-7-5-15)8-14-20(16,17)12-3-2-11(13)19-12/h2-3,10,14H,4-9H2,1H3. The first kappa shape index (κ1) is 16.4. The molecule has 5 nitrogen and oxygen atoms in total. The Bertz CT molecular complexity index is 527. The van der Waals surface area contributed by atoms with Gasteiger partial charge in [-0.15, -0.1) is 11.3 Å². The van der Waals surface area contributed by atoms with Crippen LogP contribution in [-0.4, -0.2) is 52.7 Å². The fraction of sp³-hybridized carbons (Fsp3) is 0.667. The Hall–Kier alpha value is 0.01000. The molecule has 1 N–H and O–H groups in total. The van der Waals surface area contributed by atoms with E-state index in [-0.39, 0.29) is 5.92 Å². The maximum Gasteiger partial charge on any atom is 0.250 e. The summed E-state index contributed by atoms with van der Waals surface area (Å²) in [5, 5.41) is 0. The number of nitrogens with zero attached hydrogens (tertiary/aromatic N) is 1. The average molecular weight is 383 g/mol. The highest BCUT2D eigenvalue weighted by molar-refractivity contribution is 9.11. The van der Waals surface area contributed by atoms with Crippen molar-refractivity contribution in [3.05, 3.63) is 15.9 Å². The number of morpholine rings is 1. The summed E-state index contributed by atoms with van der Waals surface area (Å²) in [5.74, 6) is 0.270. The Labute approximate surface area is 132 Å². The Morgan fingerprint density at radius 2 is 2.15 bits per heavy atom. The first-order valence-electron chi connectivity index (χ1n) is 6.52. The highest BCUT2D eigenvalue weighted by atomic mass is 79.9.